The van der Waals surface area contributed by atoms with E-state index in [-0.39, 0.29) is 18.1 Å². The highest BCUT2D eigenvalue weighted by Gasteiger charge is 2.32. The van der Waals surface area contributed by atoms with Crippen molar-refractivity contribution in [2.24, 2.45) is 4.99 Å². The van der Waals surface area contributed by atoms with Crippen molar-refractivity contribution in [3.05, 3.63) is 58.5 Å². The van der Waals surface area contributed by atoms with E-state index in [4.69, 9.17) is 15.9 Å². The molecule has 8 heteroatoms. The Morgan fingerprint density at radius 3 is 2.72 bits per heavy atom. The number of hydrogen-bond donors (Lipinski definition) is 1. The molecule has 1 fully saturated rings. The van der Waals surface area contributed by atoms with E-state index in [9.17, 15) is 14.7 Å². The second-order valence-corrected chi connectivity index (χ2v) is 7.55. The summed E-state index contributed by atoms with van der Waals surface area (Å²) in [6, 6.07) is 11.6. The van der Waals surface area contributed by atoms with Crippen LogP contribution in [0.1, 0.15) is 29.8 Å². The molecule has 0 aliphatic carbocycles. The highest BCUT2D eigenvalue weighted by Crippen LogP contribution is 2.36. The summed E-state index contributed by atoms with van der Waals surface area (Å²) in [4.78, 5) is 30.7. The fourth-order valence-corrected chi connectivity index (χ4v) is 4.02. The maximum absolute atomic E-state index is 12.9. The van der Waals surface area contributed by atoms with Gasteiger partial charge in [-0.05, 0) is 67.6 Å². The molecule has 1 heterocycles. The summed E-state index contributed by atoms with van der Waals surface area (Å²) < 4.78 is 11.1. The molecule has 1 aliphatic rings. The third-order valence-corrected chi connectivity index (χ3v) is 5.41. The largest absolute Gasteiger partial charge is 0.490 e. The summed E-state index contributed by atoms with van der Waals surface area (Å²) in [5, 5.41) is 9.68. The molecule has 0 atom stereocenters. The molecule has 32 heavy (non-hydrogen) atoms. The fourth-order valence-electron chi connectivity index (χ4n) is 2.96. The van der Waals surface area contributed by atoms with Crippen LogP contribution in [0, 0.1) is 12.3 Å². The van der Waals surface area contributed by atoms with E-state index in [0.717, 1.165) is 5.56 Å². The number of likely N-dealkylation sites (N-methyl/N-ethyl adjacent to an activating group) is 1. The standard InChI is InChI=1S/C24H22N2O5S/c1-4-12-31-19-11-10-16(13-20(19)30-6-3)14-21-22(27)26(5-2)24(32-21)25-18-9-7-8-17(15-18)23(28)29/h1,7-11,13-15H,5-6,12H2,2-3H3,(H,28,29)/b21-14-,25-24?. The zero-order valence-corrected chi connectivity index (χ0v) is 18.5. The quantitative estimate of drug-likeness (QED) is 0.473. The van der Waals surface area contributed by atoms with Gasteiger partial charge in [0.1, 0.15) is 6.61 Å². The number of carbonyl (C=O) groups excluding carboxylic acids is 1. The van der Waals surface area contributed by atoms with E-state index in [1.54, 1.807) is 35.2 Å². The summed E-state index contributed by atoms with van der Waals surface area (Å²) in [5.41, 5.74) is 1.37. The first kappa shape index (κ1) is 23.0. The van der Waals surface area contributed by atoms with Crippen LogP contribution < -0.4 is 9.47 Å². The zero-order valence-electron chi connectivity index (χ0n) is 17.7. The Balaban J connectivity index is 1.91. The molecule has 0 radical (unpaired) electrons. The lowest BCUT2D eigenvalue weighted by atomic mass is 10.2. The molecule has 1 saturated heterocycles. The zero-order chi connectivity index (χ0) is 23.1. The second-order valence-electron chi connectivity index (χ2n) is 6.54. The van der Waals surface area contributed by atoms with E-state index in [1.807, 2.05) is 19.9 Å². The molecule has 1 N–H and O–H groups in total. The number of carboxylic acids is 1. The predicted molar refractivity (Wildman–Crippen MR) is 125 cm³/mol. The van der Waals surface area contributed by atoms with Gasteiger partial charge in [-0.25, -0.2) is 9.79 Å². The average Bonchev–Trinajstić information content (AvgIpc) is 3.07. The first-order valence-corrected chi connectivity index (χ1v) is 10.7. The van der Waals surface area contributed by atoms with Crippen LogP contribution in [0.3, 0.4) is 0 Å². The Hall–Kier alpha value is -3.70. The van der Waals surface area contributed by atoms with Crippen LogP contribution in [0.25, 0.3) is 6.08 Å². The number of benzene rings is 2. The molecular formula is C24H22N2O5S. The lowest BCUT2D eigenvalue weighted by molar-refractivity contribution is -0.122. The number of aliphatic imine (C=N–C) groups is 1. The molecule has 0 spiro atoms. The monoisotopic (exact) mass is 450 g/mol. The van der Waals surface area contributed by atoms with Gasteiger partial charge in [0.05, 0.1) is 22.8 Å². The minimum atomic E-state index is -1.03. The van der Waals surface area contributed by atoms with Gasteiger partial charge in [0, 0.05) is 6.54 Å². The number of amidine groups is 1. The van der Waals surface area contributed by atoms with E-state index in [0.29, 0.717) is 40.4 Å². The number of amides is 1. The molecule has 1 amide bonds. The molecule has 7 nitrogen and oxygen atoms in total. The minimum absolute atomic E-state index is 0.128. The predicted octanol–water partition coefficient (Wildman–Crippen LogP) is 4.42. The SMILES string of the molecule is C#CCOc1ccc(/C=C2\SC(=Nc3cccc(C(=O)O)c3)N(CC)C2=O)cc1OCC. The van der Waals surface area contributed by atoms with Crippen molar-refractivity contribution in [2.75, 3.05) is 19.8 Å². The Morgan fingerprint density at radius 2 is 2.03 bits per heavy atom. The molecule has 1 aliphatic heterocycles. The molecule has 3 rings (SSSR count). The highest BCUT2D eigenvalue weighted by molar-refractivity contribution is 8.18. The van der Waals surface area contributed by atoms with Crippen molar-refractivity contribution in [2.45, 2.75) is 13.8 Å². The second kappa shape index (κ2) is 10.6. The van der Waals surface area contributed by atoms with Gasteiger partial charge < -0.3 is 14.6 Å². The summed E-state index contributed by atoms with van der Waals surface area (Å²) in [5.74, 6) is 2.30. The van der Waals surface area contributed by atoms with Crippen molar-refractivity contribution in [1.82, 2.24) is 4.90 Å². The van der Waals surface area contributed by atoms with Crippen LogP contribution in [0.5, 0.6) is 11.5 Å². The number of nitrogens with zero attached hydrogens (tertiary/aromatic N) is 2. The maximum Gasteiger partial charge on any atom is 0.335 e. The number of ether oxygens (including phenoxy) is 2. The summed E-state index contributed by atoms with van der Waals surface area (Å²) >= 11 is 1.23. The molecule has 2 aromatic carbocycles. The molecular weight excluding hydrogens is 428 g/mol. The van der Waals surface area contributed by atoms with Crippen LogP contribution in [-0.4, -0.2) is 46.8 Å². The number of terminal acetylenes is 1. The number of thioether (sulfide) groups is 1. The summed E-state index contributed by atoms with van der Waals surface area (Å²) in [6.45, 7) is 4.74. The molecule has 164 valence electrons. The third kappa shape index (κ3) is 5.31. The van der Waals surface area contributed by atoms with E-state index >= 15 is 0 Å². The average molecular weight is 451 g/mol. The van der Waals surface area contributed by atoms with Gasteiger partial charge in [-0.15, -0.1) is 6.42 Å². The van der Waals surface area contributed by atoms with Crippen LogP contribution in [-0.2, 0) is 4.79 Å². The lowest BCUT2D eigenvalue weighted by Gasteiger charge is -2.12. The van der Waals surface area contributed by atoms with Crippen molar-refractivity contribution in [3.8, 4) is 23.8 Å². The van der Waals surface area contributed by atoms with Gasteiger partial charge in [-0.1, -0.05) is 18.1 Å². The Bertz CT molecular complexity index is 1130. The summed E-state index contributed by atoms with van der Waals surface area (Å²) in [6.07, 6.45) is 7.02. The van der Waals surface area contributed by atoms with Crippen molar-refractivity contribution in [1.29, 1.82) is 0 Å². The highest BCUT2D eigenvalue weighted by atomic mass is 32.2. The van der Waals surface area contributed by atoms with Gasteiger partial charge in [0.25, 0.3) is 5.91 Å². The van der Waals surface area contributed by atoms with Crippen LogP contribution in [0.4, 0.5) is 5.69 Å². The van der Waals surface area contributed by atoms with Gasteiger partial charge in [-0.2, -0.15) is 0 Å². The molecule has 0 bridgehead atoms. The smallest absolute Gasteiger partial charge is 0.335 e. The van der Waals surface area contributed by atoms with Crippen molar-refractivity contribution >= 4 is 40.6 Å². The molecule has 0 aromatic heterocycles. The van der Waals surface area contributed by atoms with Gasteiger partial charge >= 0.3 is 5.97 Å². The Kier molecular flexibility index (Phi) is 7.58. The third-order valence-electron chi connectivity index (χ3n) is 4.40. The Morgan fingerprint density at radius 1 is 1.22 bits per heavy atom. The normalized spacial score (nSPS) is 15.8. The van der Waals surface area contributed by atoms with Crippen molar-refractivity contribution in [3.63, 3.8) is 0 Å². The molecule has 0 saturated carbocycles. The maximum atomic E-state index is 12.9. The summed E-state index contributed by atoms with van der Waals surface area (Å²) in [7, 11) is 0. The minimum Gasteiger partial charge on any atom is -0.490 e. The first-order valence-electron chi connectivity index (χ1n) is 9.93. The van der Waals surface area contributed by atoms with Gasteiger partial charge in [-0.3, -0.25) is 9.69 Å². The van der Waals surface area contributed by atoms with Crippen molar-refractivity contribution < 1.29 is 24.2 Å². The number of rotatable bonds is 8. The van der Waals surface area contributed by atoms with Crippen LogP contribution >= 0.6 is 11.8 Å². The van der Waals surface area contributed by atoms with E-state index in [2.05, 4.69) is 10.9 Å². The number of carbonyl (C=O) groups is 2. The van der Waals surface area contributed by atoms with E-state index in [1.165, 1.54) is 23.9 Å². The number of carboxylic acid groups (broad SMARTS) is 1. The van der Waals surface area contributed by atoms with Crippen LogP contribution in [0.15, 0.2) is 52.4 Å². The molecule has 2 aromatic rings. The van der Waals surface area contributed by atoms with Crippen LogP contribution in [0.2, 0.25) is 0 Å². The number of hydrogen-bond acceptors (Lipinski definition) is 6. The fraction of sp³-hybridized carbons (Fsp3) is 0.208. The lowest BCUT2D eigenvalue weighted by Crippen LogP contribution is -2.28. The van der Waals surface area contributed by atoms with Gasteiger partial charge in [0.2, 0.25) is 0 Å². The Labute approximate surface area is 190 Å². The first-order chi connectivity index (χ1) is 15.5. The molecule has 0 unspecified atom stereocenters. The number of aromatic carboxylic acids is 1. The van der Waals surface area contributed by atoms with Gasteiger partial charge in [0.15, 0.2) is 16.7 Å². The topological polar surface area (TPSA) is 88.4 Å². The van der Waals surface area contributed by atoms with E-state index < -0.39 is 5.97 Å².